The molecule has 2 amide bonds. The first-order valence-electron chi connectivity index (χ1n) is 8.51. The molecule has 1 aliphatic heterocycles. The normalized spacial score (nSPS) is 30.2. The van der Waals surface area contributed by atoms with Crippen LogP contribution in [0.1, 0.15) is 46.0 Å². The zero-order valence-electron chi connectivity index (χ0n) is 13.6. The molecular weight excluding hydrogens is 266 g/mol. The molecule has 0 unspecified atom stereocenters. The predicted octanol–water partition coefficient (Wildman–Crippen LogP) is 2.06. The summed E-state index contributed by atoms with van der Waals surface area (Å²) in [6.45, 7) is 8.35. The van der Waals surface area contributed by atoms with E-state index in [2.05, 4.69) is 13.8 Å². The van der Waals surface area contributed by atoms with Gasteiger partial charge in [-0.05, 0) is 38.5 Å². The molecule has 1 saturated heterocycles. The van der Waals surface area contributed by atoms with E-state index in [-0.39, 0.29) is 11.6 Å². The lowest BCUT2D eigenvalue weighted by molar-refractivity contribution is 0.0172. The van der Waals surface area contributed by atoms with Gasteiger partial charge >= 0.3 is 6.03 Å². The van der Waals surface area contributed by atoms with E-state index in [1.54, 1.807) is 0 Å². The highest BCUT2D eigenvalue weighted by molar-refractivity contribution is 5.75. The average Bonchev–Trinajstić information content (AvgIpc) is 2.56. The Morgan fingerprint density at radius 2 is 1.90 bits per heavy atom. The minimum absolute atomic E-state index is 0.129. The molecule has 0 bridgehead atoms. The van der Waals surface area contributed by atoms with E-state index in [9.17, 15) is 4.79 Å². The molecule has 1 heterocycles. The number of urea groups is 1. The minimum Gasteiger partial charge on any atom is -0.378 e. The SMILES string of the molecule is CCC1CCC(CN)(N(CC)C(=O)N2CCOCC2)CC1. The number of hydrogen-bond acceptors (Lipinski definition) is 3. The van der Waals surface area contributed by atoms with Crippen molar-refractivity contribution >= 4 is 6.03 Å². The van der Waals surface area contributed by atoms with Gasteiger partial charge in [0.25, 0.3) is 0 Å². The summed E-state index contributed by atoms with van der Waals surface area (Å²) in [7, 11) is 0. The van der Waals surface area contributed by atoms with E-state index in [1.807, 2.05) is 9.80 Å². The van der Waals surface area contributed by atoms with Gasteiger partial charge in [-0.1, -0.05) is 13.3 Å². The van der Waals surface area contributed by atoms with Crippen LogP contribution in [0.5, 0.6) is 0 Å². The molecule has 1 saturated carbocycles. The molecule has 0 aromatic rings. The highest BCUT2D eigenvalue weighted by Gasteiger charge is 2.42. The molecular formula is C16H31N3O2. The van der Waals surface area contributed by atoms with E-state index in [0.717, 1.165) is 25.3 Å². The molecule has 122 valence electrons. The van der Waals surface area contributed by atoms with Gasteiger partial charge in [0.05, 0.1) is 18.8 Å². The molecule has 0 aromatic carbocycles. The third-order valence-electron chi connectivity index (χ3n) is 5.39. The summed E-state index contributed by atoms with van der Waals surface area (Å²) in [5.74, 6) is 0.807. The lowest BCUT2D eigenvalue weighted by Crippen LogP contribution is -2.61. The summed E-state index contributed by atoms with van der Waals surface area (Å²) in [6.07, 6.45) is 5.73. The number of morpholine rings is 1. The van der Waals surface area contributed by atoms with Crippen LogP contribution >= 0.6 is 0 Å². The Balaban J connectivity index is 2.08. The van der Waals surface area contributed by atoms with Crippen molar-refractivity contribution in [1.82, 2.24) is 9.80 Å². The van der Waals surface area contributed by atoms with Crippen molar-refractivity contribution in [2.45, 2.75) is 51.5 Å². The Labute approximate surface area is 128 Å². The van der Waals surface area contributed by atoms with Gasteiger partial charge in [0, 0.05) is 26.2 Å². The van der Waals surface area contributed by atoms with Gasteiger partial charge in [0.2, 0.25) is 0 Å². The largest absolute Gasteiger partial charge is 0.378 e. The average molecular weight is 297 g/mol. The van der Waals surface area contributed by atoms with Crippen LogP contribution in [0.15, 0.2) is 0 Å². The van der Waals surface area contributed by atoms with E-state index < -0.39 is 0 Å². The lowest BCUT2D eigenvalue weighted by atomic mass is 9.74. The number of likely N-dealkylation sites (N-methyl/N-ethyl adjacent to an activating group) is 1. The Hall–Kier alpha value is -0.810. The highest BCUT2D eigenvalue weighted by Crippen LogP contribution is 2.37. The zero-order chi connectivity index (χ0) is 15.3. The van der Waals surface area contributed by atoms with E-state index in [4.69, 9.17) is 10.5 Å². The van der Waals surface area contributed by atoms with Gasteiger partial charge < -0.3 is 20.3 Å². The van der Waals surface area contributed by atoms with Crippen LogP contribution in [0.25, 0.3) is 0 Å². The Kier molecular flexibility index (Phi) is 5.88. The smallest absolute Gasteiger partial charge is 0.320 e. The van der Waals surface area contributed by atoms with Crippen LogP contribution in [0.4, 0.5) is 4.79 Å². The Bertz CT molecular complexity index is 334. The van der Waals surface area contributed by atoms with Gasteiger partial charge in [-0.15, -0.1) is 0 Å². The van der Waals surface area contributed by atoms with Crippen molar-refractivity contribution in [3.8, 4) is 0 Å². The van der Waals surface area contributed by atoms with Gasteiger partial charge in [-0.2, -0.15) is 0 Å². The molecule has 2 fully saturated rings. The number of nitrogens with zero attached hydrogens (tertiary/aromatic N) is 2. The molecule has 5 heteroatoms. The third kappa shape index (κ3) is 3.51. The molecule has 0 radical (unpaired) electrons. The molecule has 2 rings (SSSR count). The molecule has 2 aliphatic rings. The summed E-state index contributed by atoms with van der Waals surface area (Å²) in [4.78, 5) is 16.9. The number of ether oxygens (including phenoxy) is 1. The number of rotatable bonds is 4. The molecule has 21 heavy (non-hydrogen) atoms. The van der Waals surface area contributed by atoms with Gasteiger partial charge in [0.1, 0.15) is 0 Å². The van der Waals surface area contributed by atoms with Crippen molar-refractivity contribution < 1.29 is 9.53 Å². The van der Waals surface area contributed by atoms with Crippen molar-refractivity contribution in [3.05, 3.63) is 0 Å². The standard InChI is InChI=1S/C16H31N3O2/c1-3-14-5-7-16(13-17,8-6-14)19(4-2)15(20)18-9-11-21-12-10-18/h14H,3-13,17H2,1-2H3. The lowest BCUT2D eigenvalue weighted by Gasteiger charge is -2.48. The summed E-state index contributed by atoms with van der Waals surface area (Å²) in [6, 6.07) is 0.154. The van der Waals surface area contributed by atoms with Crippen molar-refractivity contribution in [2.75, 3.05) is 39.4 Å². The molecule has 0 spiro atoms. The fourth-order valence-electron chi connectivity index (χ4n) is 3.81. The molecule has 1 aliphatic carbocycles. The van der Waals surface area contributed by atoms with Crippen LogP contribution in [-0.2, 0) is 4.74 Å². The van der Waals surface area contributed by atoms with Crippen LogP contribution in [0, 0.1) is 5.92 Å². The van der Waals surface area contributed by atoms with Crippen molar-refractivity contribution in [3.63, 3.8) is 0 Å². The molecule has 0 atom stereocenters. The molecule has 5 nitrogen and oxygen atoms in total. The summed E-state index contributed by atoms with van der Waals surface area (Å²) >= 11 is 0. The molecule has 0 aromatic heterocycles. The maximum Gasteiger partial charge on any atom is 0.320 e. The number of nitrogens with two attached hydrogens (primary N) is 1. The maximum absolute atomic E-state index is 12.9. The van der Waals surface area contributed by atoms with Crippen LogP contribution < -0.4 is 5.73 Å². The van der Waals surface area contributed by atoms with E-state index in [0.29, 0.717) is 32.8 Å². The monoisotopic (exact) mass is 297 g/mol. The number of hydrogen-bond donors (Lipinski definition) is 1. The van der Waals surface area contributed by atoms with E-state index in [1.165, 1.54) is 19.3 Å². The van der Waals surface area contributed by atoms with Gasteiger partial charge in [-0.3, -0.25) is 0 Å². The first-order chi connectivity index (χ1) is 10.2. The second kappa shape index (κ2) is 7.45. The van der Waals surface area contributed by atoms with Crippen molar-refractivity contribution in [2.24, 2.45) is 11.7 Å². The first kappa shape index (κ1) is 16.6. The predicted molar refractivity (Wildman–Crippen MR) is 84.2 cm³/mol. The third-order valence-corrected chi connectivity index (χ3v) is 5.39. The number of carbonyl (C=O) groups is 1. The highest BCUT2D eigenvalue weighted by atomic mass is 16.5. The second-order valence-electron chi connectivity index (χ2n) is 6.41. The second-order valence-corrected chi connectivity index (χ2v) is 6.41. The van der Waals surface area contributed by atoms with Crippen molar-refractivity contribution in [1.29, 1.82) is 0 Å². The topological polar surface area (TPSA) is 58.8 Å². The van der Waals surface area contributed by atoms with E-state index >= 15 is 0 Å². The van der Waals surface area contributed by atoms with Crippen LogP contribution in [-0.4, -0.2) is 60.8 Å². The Morgan fingerprint density at radius 3 is 2.38 bits per heavy atom. The summed E-state index contributed by atoms with van der Waals surface area (Å²) in [5.41, 5.74) is 6.00. The number of amides is 2. The fourth-order valence-corrected chi connectivity index (χ4v) is 3.81. The summed E-state index contributed by atoms with van der Waals surface area (Å²) < 4.78 is 5.35. The zero-order valence-corrected chi connectivity index (χ0v) is 13.6. The van der Waals surface area contributed by atoms with Gasteiger partial charge in [0.15, 0.2) is 0 Å². The van der Waals surface area contributed by atoms with Crippen LogP contribution in [0.3, 0.4) is 0 Å². The minimum atomic E-state index is -0.129. The number of carbonyl (C=O) groups excluding carboxylic acids is 1. The maximum atomic E-state index is 12.9. The van der Waals surface area contributed by atoms with Gasteiger partial charge in [-0.25, -0.2) is 4.79 Å². The summed E-state index contributed by atoms with van der Waals surface area (Å²) in [5, 5.41) is 0. The first-order valence-corrected chi connectivity index (χ1v) is 8.51. The fraction of sp³-hybridized carbons (Fsp3) is 0.938. The quantitative estimate of drug-likeness (QED) is 0.864. The Morgan fingerprint density at radius 1 is 1.29 bits per heavy atom. The van der Waals surface area contributed by atoms with Crippen LogP contribution in [0.2, 0.25) is 0 Å². The molecule has 2 N–H and O–H groups in total.